The second-order valence-electron chi connectivity index (χ2n) is 5.10. The summed E-state index contributed by atoms with van der Waals surface area (Å²) in [6, 6.07) is 7.39. The van der Waals surface area contributed by atoms with Crippen molar-refractivity contribution >= 4 is 27.1 Å². The highest BCUT2D eigenvalue weighted by molar-refractivity contribution is 7.92. The van der Waals surface area contributed by atoms with Crippen LogP contribution in [-0.2, 0) is 10.0 Å². The van der Waals surface area contributed by atoms with Crippen molar-refractivity contribution in [3.8, 4) is 0 Å². The summed E-state index contributed by atoms with van der Waals surface area (Å²) < 4.78 is 28.2. The summed E-state index contributed by atoms with van der Waals surface area (Å²) in [6.07, 6.45) is 3.24. The Hall–Kier alpha value is -3.21. The maximum atomic E-state index is 12.1. The molecule has 0 unspecified atom stereocenters. The fraction of sp³-hybridized carbons (Fsp3) is 0.143. The van der Waals surface area contributed by atoms with Gasteiger partial charge in [-0.3, -0.25) is 14.3 Å². The molecule has 10 nitrogen and oxygen atoms in total. The first-order valence-electron chi connectivity index (χ1n) is 7.21. The average molecular weight is 362 g/mol. The summed E-state index contributed by atoms with van der Waals surface area (Å²) in [5, 5.41) is 12.1. The standard InChI is InChI=1S/C14H14N6O4S/c21-13-2-1-12(17-18-13)14(22)15-6-8-25(23,24)19-10-4-7-20-11(9-10)3-5-16-20/h1-5,7,9,19H,6,8H2,(H,15,22)(H,18,21). The predicted molar refractivity (Wildman–Crippen MR) is 89.8 cm³/mol. The summed E-state index contributed by atoms with van der Waals surface area (Å²) >= 11 is 0. The maximum Gasteiger partial charge on any atom is 0.271 e. The molecule has 3 N–H and O–H groups in total. The largest absolute Gasteiger partial charge is 0.350 e. The molecular formula is C14H14N6O4S. The van der Waals surface area contributed by atoms with Crippen LogP contribution in [0.5, 0.6) is 0 Å². The van der Waals surface area contributed by atoms with Crippen molar-refractivity contribution in [3.05, 3.63) is 58.8 Å². The lowest BCUT2D eigenvalue weighted by atomic mass is 10.4. The third-order valence-electron chi connectivity index (χ3n) is 3.24. The average Bonchev–Trinajstić information content (AvgIpc) is 3.02. The van der Waals surface area contributed by atoms with Gasteiger partial charge in [0.15, 0.2) is 0 Å². The topological polar surface area (TPSA) is 138 Å². The van der Waals surface area contributed by atoms with Gasteiger partial charge in [-0.2, -0.15) is 10.2 Å². The zero-order chi connectivity index (χ0) is 17.9. The van der Waals surface area contributed by atoms with Crippen LogP contribution in [0.4, 0.5) is 5.69 Å². The number of aromatic amines is 1. The van der Waals surface area contributed by atoms with Crippen LogP contribution in [-0.4, -0.2) is 46.4 Å². The Morgan fingerprint density at radius 3 is 2.84 bits per heavy atom. The Labute approximate surface area is 141 Å². The zero-order valence-electron chi connectivity index (χ0n) is 12.8. The van der Waals surface area contributed by atoms with Gasteiger partial charge in [0, 0.05) is 25.0 Å². The second-order valence-corrected chi connectivity index (χ2v) is 6.94. The molecule has 11 heteroatoms. The van der Waals surface area contributed by atoms with E-state index in [1.54, 1.807) is 35.1 Å². The molecule has 0 fully saturated rings. The van der Waals surface area contributed by atoms with E-state index in [-0.39, 0.29) is 18.0 Å². The van der Waals surface area contributed by atoms with Gasteiger partial charge in [0.1, 0.15) is 5.69 Å². The molecule has 1 amide bonds. The van der Waals surface area contributed by atoms with E-state index in [1.165, 1.54) is 6.07 Å². The van der Waals surface area contributed by atoms with Crippen LogP contribution < -0.4 is 15.6 Å². The molecule has 0 aliphatic rings. The lowest BCUT2D eigenvalue weighted by Crippen LogP contribution is -2.32. The number of carbonyl (C=O) groups is 1. The molecule has 0 atom stereocenters. The van der Waals surface area contributed by atoms with E-state index in [4.69, 9.17) is 0 Å². The molecule has 0 saturated heterocycles. The van der Waals surface area contributed by atoms with E-state index in [2.05, 4.69) is 25.3 Å². The van der Waals surface area contributed by atoms with Gasteiger partial charge in [0.05, 0.1) is 17.0 Å². The molecule has 0 radical (unpaired) electrons. The molecule has 25 heavy (non-hydrogen) atoms. The quantitative estimate of drug-likeness (QED) is 0.545. The number of H-pyrrole nitrogens is 1. The van der Waals surface area contributed by atoms with Crippen LogP contribution in [0, 0.1) is 0 Å². The van der Waals surface area contributed by atoms with Gasteiger partial charge in [-0.15, -0.1) is 0 Å². The summed E-state index contributed by atoms with van der Waals surface area (Å²) in [7, 11) is -3.64. The summed E-state index contributed by atoms with van der Waals surface area (Å²) in [5.41, 5.74) is 0.717. The number of nitrogens with one attached hydrogen (secondary N) is 3. The predicted octanol–water partition coefficient (Wildman–Crippen LogP) is -0.411. The number of pyridine rings is 1. The zero-order valence-corrected chi connectivity index (χ0v) is 13.7. The van der Waals surface area contributed by atoms with Crippen LogP contribution in [0.15, 0.2) is 47.5 Å². The third-order valence-corrected chi connectivity index (χ3v) is 4.53. The molecule has 0 saturated carbocycles. The minimum absolute atomic E-state index is 0.00357. The number of rotatable bonds is 6. The molecule has 3 rings (SSSR count). The van der Waals surface area contributed by atoms with Crippen molar-refractivity contribution in [3.63, 3.8) is 0 Å². The number of sulfonamides is 1. The van der Waals surface area contributed by atoms with E-state index in [9.17, 15) is 18.0 Å². The van der Waals surface area contributed by atoms with Crippen molar-refractivity contribution in [1.29, 1.82) is 0 Å². The first-order valence-corrected chi connectivity index (χ1v) is 8.86. The number of nitrogens with zero attached hydrogens (tertiary/aromatic N) is 3. The first-order chi connectivity index (χ1) is 11.9. The Bertz CT molecular complexity index is 1050. The van der Waals surface area contributed by atoms with Gasteiger partial charge in [-0.1, -0.05) is 0 Å². The molecule has 3 heterocycles. The highest BCUT2D eigenvalue weighted by Gasteiger charge is 2.13. The highest BCUT2D eigenvalue weighted by Crippen LogP contribution is 2.12. The lowest BCUT2D eigenvalue weighted by molar-refractivity contribution is 0.0950. The van der Waals surface area contributed by atoms with Crippen molar-refractivity contribution in [2.75, 3.05) is 17.0 Å². The third kappa shape index (κ3) is 4.20. The Morgan fingerprint density at radius 1 is 1.24 bits per heavy atom. The van der Waals surface area contributed by atoms with Crippen LogP contribution in [0.25, 0.3) is 5.52 Å². The monoisotopic (exact) mass is 362 g/mol. The number of aromatic nitrogens is 4. The number of hydrogen-bond acceptors (Lipinski definition) is 6. The lowest BCUT2D eigenvalue weighted by Gasteiger charge is -2.09. The molecule has 130 valence electrons. The number of carbonyl (C=O) groups excluding carboxylic acids is 1. The van der Waals surface area contributed by atoms with Gasteiger partial charge in [-0.25, -0.2) is 18.0 Å². The molecule has 0 bridgehead atoms. The summed E-state index contributed by atoms with van der Waals surface area (Å²) in [6.45, 7) is -0.107. The SMILES string of the molecule is O=C(NCCS(=O)(=O)Nc1ccn2nccc2c1)c1ccc(=O)[nH]n1. The van der Waals surface area contributed by atoms with E-state index < -0.39 is 21.5 Å². The van der Waals surface area contributed by atoms with Crippen LogP contribution >= 0.6 is 0 Å². The first kappa shape index (κ1) is 16.6. The number of fused-ring (bicyclic) bond motifs is 1. The Kier molecular flexibility index (Phi) is 4.48. The van der Waals surface area contributed by atoms with E-state index in [0.29, 0.717) is 5.69 Å². The van der Waals surface area contributed by atoms with Crippen molar-refractivity contribution in [2.45, 2.75) is 0 Å². The minimum Gasteiger partial charge on any atom is -0.350 e. The van der Waals surface area contributed by atoms with Crippen molar-refractivity contribution in [2.24, 2.45) is 0 Å². The summed E-state index contributed by atoms with van der Waals surface area (Å²) in [4.78, 5) is 22.7. The minimum atomic E-state index is -3.64. The second kappa shape index (κ2) is 6.73. The van der Waals surface area contributed by atoms with Crippen LogP contribution in [0.2, 0.25) is 0 Å². The number of amides is 1. The van der Waals surface area contributed by atoms with Gasteiger partial charge in [-0.05, 0) is 24.3 Å². The van der Waals surface area contributed by atoms with Gasteiger partial charge in [0.25, 0.3) is 11.5 Å². The van der Waals surface area contributed by atoms with Gasteiger partial charge >= 0.3 is 0 Å². The molecule has 0 spiro atoms. The fourth-order valence-electron chi connectivity index (χ4n) is 2.08. The van der Waals surface area contributed by atoms with Crippen LogP contribution in [0.3, 0.4) is 0 Å². The van der Waals surface area contributed by atoms with E-state index in [0.717, 1.165) is 11.6 Å². The van der Waals surface area contributed by atoms with Gasteiger partial charge in [0.2, 0.25) is 10.0 Å². The van der Waals surface area contributed by atoms with E-state index in [1.807, 2.05) is 0 Å². The number of anilines is 1. The summed E-state index contributed by atoms with van der Waals surface area (Å²) in [5.74, 6) is -0.890. The molecule has 0 aliphatic carbocycles. The molecular weight excluding hydrogens is 348 g/mol. The van der Waals surface area contributed by atoms with Crippen LogP contribution in [0.1, 0.15) is 10.5 Å². The van der Waals surface area contributed by atoms with E-state index >= 15 is 0 Å². The Morgan fingerprint density at radius 2 is 2.08 bits per heavy atom. The molecule has 3 aromatic heterocycles. The fourth-order valence-corrected chi connectivity index (χ4v) is 3.04. The number of hydrogen-bond donors (Lipinski definition) is 3. The smallest absolute Gasteiger partial charge is 0.271 e. The highest BCUT2D eigenvalue weighted by atomic mass is 32.2. The van der Waals surface area contributed by atoms with Crippen molar-refractivity contribution in [1.82, 2.24) is 25.1 Å². The molecule has 0 aromatic carbocycles. The maximum absolute atomic E-state index is 12.1. The normalized spacial score (nSPS) is 11.4. The molecule has 0 aliphatic heterocycles. The Balaban J connectivity index is 1.57. The molecule has 3 aromatic rings. The van der Waals surface area contributed by atoms with Crippen molar-refractivity contribution < 1.29 is 13.2 Å². The van der Waals surface area contributed by atoms with Gasteiger partial charge < -0.3 is 5.32 Å².